The summed E-state index contributed by atoms with van der Waals surface area (Å²) in [7, 11) is 0. The van der Waals surface area contributed by atoms with Crippen molar-refractivity contribution in [2.24, 2.45) is 0 Å². The Morgan fingerprint density at radius 1 is 1.19 bits per heavy atom. The number of halogens is 2. The summed E-state index contributed by atoms with van der Waals surface area (Å²) in [5, 5.41) is 6.41. The van der Waals surface area contributed by atoms with Crippen LogP contribution in [0.2, 0.25) is 5.02 Å². The summed E-state index contributed by atoms with van der Waals surface area (Å²) in [4.78, 5) is 12.0. The molecule has 0 spiro atoms. The van der Waals surface area contributed by atoms with Crippen molar-refractivity contribution in [3.05, 3.63) is 63.1 Å². The van der Waals surface area contributed by atoms with E-state index in [-0.39, 0.29) is 11.0 Å². The van der Waals surface area contributed by atoms with E-state index in [0.29, 0.717) is 10.6 Å². The van der Waals surface area contributed by atoms with Crippen LogP contribution in [0.15, 0.2) is 46.9 Å². The second-order valence-electron chi connectivity index (χ2n) is 4.38. The highest BCUT2D eigenvalue weighted by Crippen LogP contribution is 2.19. The lowest BCUT2D eigenvalue weighted by Gasteiger charge is -2.10. The molecule has 21 heavy (non-hydrogen) atoms. The zero-order valence-electron chi connectivity index (χ0n) is 11.1. The Balaban J connectivity index is 1.99. The standard InChI is InChI=1S/C15H12BrClN2OS/c1-9-2-7-12(8-13(9)17)18-15(21)19-14(20)10-3-5-11(16)6-4-10/h2-8H,1H3,(H2,18,19,20,21). The van der Waals surface area contributed by atoms with Crippen LogP contribution in [0, 0.1) is 6.92 Å². The second kappa shape index (κ2) is 7.02. The van der Waals surface area contributed by atoms with Gasteiger partial charge in [0.1, 0.15) is 0 Å². The summed E-state index contributed by atoms with van der Waals surface area (Å²) in [6, 6.07) is 12.5. The number of anilines is 1. The highest BCUT2D eigenvalue weighted by atomic mass is 79.9. The van der Waals surface area contributed by atoms with E-state index in [1.54, 1.807) is 30.3 Å². The third-order valence-electron chi connectivity index (χ3n) is 2.76. The minimum atomic E-state index is -0.266. The lowest BCUT2D eigenvalue weighted by molar-refractivity contribution is 0.0977. The number of hydrogen-bond acceptors (Lipinski definition) is 2. The molecule has 0 unspecified atom stereocenters. The molecule has 0 aliphatic heterocycles. The van der Waals surface area contributed by atoms with E-state index < -0.39 is 0 Å². The molecule has 0 fully saturated rings. The van der Waals surface area contributed by atoms with Crippen LogP contribution in [0.1, 0.15) is 15.9 Å². The number of aryl methyl sites for hydroxylation is 1. The van der Waals surface area contributed by atoms with Gasteiger partial charge < -0.3 is 5.32 Å². The van der Waals surface area contributed by atoms with Crippen molar-refractivity contribution in [3.8, 4) is 0 Å². The predicted octanol–water partition coefficient (Wildman–Crippen LogP) is 4.54. The van der Waals surface area contributed by atoms with Crippen LogP contribution in [-0.2, 0) is 0 Å². The van der Waals surface area contributed by atoms with Crippen LogP contribution in [0.4, 0.5) is 5.69 Å². The molecular weight excluding hydrogens is 372 g/mol. The van der Waals surface area contributed by atoms with Gasteiger partial charge in [0.25, 0.3) is 5.91 Å². The molecule has 2 aromatic carbocycles. The molecule has 1 amide bonds. The Labute approximate surface area is 141 Å². The molecule has 6 heteroatoms. The largest absolute Gasteiger partial charge is 0.332 e. The molecule has 0 aliphatic carbocycles. The normalized spacial score (nSPS) is 10.0. The fourth-order valence-electron chi connectivity index (χ4n) is 1.61. The van der Waals surface area contributed by atoms with Crippen LogP contribution in [0.3, 0.4) is 0 Å². The molecule has 2 N–H and O–H groups in total. The lowest BCUT2D eigenvalue weighted by Crippen LogP contribution is -2.34. The minimum absolute atomic E-state index is 0.225. The Morgan fingerprint density at radius 2 is 1.86 bits per heavy atom. The fraction of sp³-hybridized carbons (Fsp3) is 0.0667. The third kappa shape index (κ3) is 4.52. The first-order chi connectivity index (χ1) is 9.95. The summed E-state index contributed by atoms with van der Waals surface area (Å²) < 4.78 is 0.911. The Hall–Kier alpha value is -1.43. The topological polar surface area (TPSA) is 41.1 Å². The first-order valence-corrected chi connectivity index (χ1v) is 7.67. The highest BCUT2D eigenvalue weighted by Gasteiger charge is 2.08. The van der Waals surface area contributed by atoms with Gasteiger partial charge in [0, 0.05) is 20.7 Å². The van der Waals surface area contributed by atoms with Crippen LogP contribution in [0.5, 0.6) is 0 Å². The summed E-state index contributed by atoms with van der Waals surface area (Å²) in [5.74, 6) is -0.266. The Bertz CT molecular complexity index is 689. The first kappa shape index (κ1) is 15.9. The molecular formula is C15H12BrClN2OS. The molecule has 0 saturated carbocycles. The SMILES string of the molecule is Cc1ccc(NC(=S)NC(=O)c2ccc(Br)cc2)cc1Cl. The maximum Gasteiger partial charge on any atom is 0.257 e. The van der Waals surface area contributed by atoms with E-state index in [1.807, 2.05) is 19.1 Å². The van der Waals surface area contributed by atoms with Gasteiger partial charge in [0.15, 0.2) is 5.11 Å². The van der Waals surface area contributed by atoms with Crippen molar-refractivity contribution in [1.82, 2.24) is 5.32 Å². The third-order valence-corrected chi connectivity index (χ3v) is 3.90. The molecule has 2 rings (SSSR count). The monoisotopic (exact) mass is 382 g/mol. The summed E-state index contributed by atoms with van der Waals surface area (Å²) in [5.41, 5.74) is 2.24. The highest BCUT2D eigenvalue weighted by molar-refractivity contribution is 9.10. The van der Waals surface area contributed by atoms with Gasteiger partial charge in [-0.15, -0.1) is 0 Å². The number of thiocarbonyl (C=S) groups is 1. The Kier molecular flexibility index (Phi) is 5.33. The number of amides is 1. The van der Waals surface area contributed by atoms with Gasteiger partial charge >= 0.3 is 0 Å². The van der Waals surface area contributed by atoms with Gasteiger partial charge in [-0.2, -0.15) is 0 Å². The van der Waals surface area contributed by atoms with Crippen molar-refractivity contribution < 1.29 is 4.79 Å². The van der Waals surface area contributed by atoms with Crippen LogP contribution in [-0.4, -0.2) is 11.0 Å². The molecule has 0 saturated heterocycles. The van der Waals surface area contributed by atoms with Gasteiger partial charge in [-0.3, -0.25) is 10.1 Å². The second-order valence-corrected chi connectivity index (χ2v) is 6.11. The summed E-state index contributed by atoms with van der Waals surface area (Å²) >= 11 is 14.5. The van der Waals surface area contributed by atoms with E-state index >= 15 is 0 Å². The zero-order valence-corrected chi connectivity index (χ0v) is 14.3. The maximum absolute atomic E-state index is 12.0. The number of rotatable bonds is 2. The average Bonchev–Trinajstić information content (AvgIpc) is 2.43. The molecule has 0 aromatic heterocycles. The zero-order chi connectivity index (χ0) is 15.4. The van der Waals surface area contributed by atoms with Crippen LogP contribution in [0.25, 0.3) is 0 Å². The van der Waals surface area contributed by atoms with Gasteiger partial charge in [0.2, 0.25) is 0 Å². The van der Waals surface area contributed by atoms with Gasteiger partial charge in [-0.25, -0.2) is 0 Å². The van der Waals surface area contributed by atoms with Gasteiger partial charge in [-0.1, -0.05) is 33.6 Å². The molecule has 108 valence electrons. The van der Waals surface area contributed by atoms with Gasteiger partial charge in [-0.05, 0) is 61.1 Å². The van der Waals surface area contributed by atoms with E-state index in [9.17, 15) is 4.79 Å². The minimum Gasteiger partial charge on any atom is -0.332 e. The van der Waals surface area contributed by atoms with E-state index in [0.717, 1.165) is 15.7 Å². The fourth-order valence-corrected chi connectivity index (χ4v) is 2.26. The smallest absolute Gasteiger partial charge is 0.257 e. The van der Waals surface area contributed by atoms with Crippen molar-refractivity contribution in [2.75, 3.05) is 5.32 Å². The maximum atomic E-state index is 12.0. The predicted molar refractivity (Wildman–Crippen MR) is 94.0 cm³/mol. The van der Waals surface area contributed by atoms with Crippen molar-refractivity contribution in [1.29, 1.82) is 0 Å². The van der Waals surface area contributed by atoms with Crippen molar-refractivity contribution in [2.45, 2.75) is 6.92 Å². The summed E-state index contributed by atoms with van der Waals surface area (Å²) in [6.45, 7) is 1.92. The van der Waals surface area contributed by atoms with Crippen molar-refractivity contribution in [3.63, 3.8) is 0 Å². The number of hydrogen-bond donors (Lipinski definition) is 2. The molecule has 0 radical (unpaired) electrons. The van der Waals surface area contributed by atoms with Crippen LogP contribution < -0.4 is 10.6 Å². The van der Waals surface area contributed by atoms with E-state index in [4.69, 9.17) is 23.8 Å². The molecule has 0 bridgehead atoms. The first-order valence-electron chi connectivity index (χ1n) is 6.10. The van der Waals surface area contributed by atoms with Crippen LogP contribution >= 0.6 is 39.7 Å². The lowest BCUT2D eigenvalue weighted by atomic mass is 10.2. The molecule has 0 atom stereocenters. The molecule has 3 nitrogen and oxygen atoms in total. The van der Waals surface area contributed by atoms with E-state index in [2.05, 4.69) is 26.6 Å². The molecule has 2 aromatic rings. The van der Waals surface area contributed by atoms with Gasteiger partial charge in [0.05, 0.1) is 0 Å². The number of nitrogens with one attached hydrogen (secondary N) is 2. The average molecular weight is 384 g/mol. The number of benzene rings is 2. The van der Waals surface area contributed by atoms with E-state index in [1.165, 1.54) is 0 Å². The molecule has 0 heterocycles. The Morgan fingerprint density at radius 3 is 2.48 bits per heavy atom. The molecule has 0 aliphatic rings. The summed E-state index contributed by atoms with van der Waals surface area (Å²) in [6.07, 6.45) is 0. The van der Waals surface area contributed by atoms with Crippen molar-refractivity contribution >= 4 is 56.5 Å². The quantitative estimate of drug-likeness (QED) is 0.748. The number of carbonyl (C=O) groups is 1. The number of carbonyl (C=O) groups excluding carboxylic acids is 1.